The molecule has 0 atom stereocenters. The van der Waals surface area contributed by atoms with E-state index < -0.39 is 12.6 Å². The van der Waals surface area contributed by atoms with E-state index in [9.17, 15) is 0 Å². The zero-order valence-corrected chi connectivity index (χ0v) is 2.51. The normalized spacial score (nSPS) is 4.11. The first-order chi connectivity index (χ1) is 2.27. The van der Waals surface area contributed by atoms with Gasteiger partial charge in [0.15, 0.2) is 0 Å². The molecular formula is C2H8Na4O3. The van der Waals surface area contributed by atoms with E-state index in [0.717, 1.165) is 0 Å². The molecule has 7 heteroatoms. The Morgan fingerprint density at radius 2 is 1.22 bits per heavy atom. The van der Waals surface area contributed by atoms with Crippen molar-refractivity contribution >= 4 is 124 Å². The predicted octanol–water partition coefficient (Wildman–Crippen LogP) is -3.53. The second-order valence-electron chi connectivity index (χ2n) is 0.552. The molecule has 0 rings (SSSR count). The molecule has 0 fully saturated rings. The van der Waals surface area contributed by atoms with Gasteiger partial charge in [-0.1, -0.05) is 0 Å². The number of aliphatic hydroxyl groups excluding tert-OH is 1. The summed E-state index contributed by atoms with van der Waals surface area (Å²) in [5, 5.41) is 15.0. The number of hydrogen-bond acceptors (Lipinski definition) is 2. The Morgan fingerprint density at radius 1 is 1.11 bits per heavy atom. The van der Waals surface area contributed by atoms with E-state index in [1.54, 1.807) is 0 Å². The molecule has 0 amide bonds. The van der Waals surface area contributed by atoms with Crippen LogP contribution in [-0.2, 0) is 4.79 Å². The predicted molar refractivity (Wildman–Crippen MR) is 43.3 cm³/mol. The number of carboxylic acid groups (broad SMARTS) is 1. The Kier molecular flexibility index (Phi) is 73.6. The summed E-state index contributed by atoms with van der Waals surface area (Å²) in [6, 6.07) is 0. The van der Waals surface area contributed by atoms with Gasteiger partial charge in [0.25, 0.3) is 0 Å². The van der Waals surface area contributed by atoms with Crippen LogP contribution >= 0.6 is 0 Å². The zero-order chi connectivity index (χ0) is 4.28. The van der Waals surface area contributed by atoms with Gasteiger partial charge in [0.2, 0.25) is 0 Å². The Hall–Kier alpha value is 3.43. The van der Waals surface area contributed by atoms with Crippen molar-refractivity contribution in [1.29, 1.82) is 0 Å². The van der Waals surface area contributed by atoms with Gasteiger partial charge in [-0.15, -0.1) is 0 Å². The molecular weight excluding hydrogens is 164 g/mol. The molecule has 0 radical (unpaired) electrons. The average molecular weight is 172 g/mol. The number of carboxylic acids is 1. The van der Waals surface area contributed by atoms with Crippen molar-refractivity contribution in [2.45, 2.75) is 0 Å². The number of aliphatic hydroxyl groups is 1. The summed E-state index contributed by atoms with van der Waals surface area (Å²) < 4.78 is 0. The quantitative estimate of drug-likeness (QED) is 0.403. The van der Waals surface area contributed by atoms with Crippen molar-refractivity contribution < 1.29 is 15.0 Å². The van der Waals surface area contributed by atoms with Gasteiger partial charge < -0.3 is 10.2 Å². The second kappa shape index (κ2) is 22.5. The van der Waals surface area contributed by atoms with Crippen LogP contribution in [0, 0.1) is 0 Å². The maximum absolute atomic E-state index is 9.12. The molecule has 0 aliphatic heterocycles. The van der Waals surface area contributed by atoms with Gasteiger partial charge in [-0.3, -0.25) is 0 Å². The van der Waals surface area contributed by atoms with Crippen LogP contribution in [0.5, 0.6) is 0 Å². The summed E-state index contributed by atoms with van der Waals surface area (Å²) in [5.41, 5.74) is 0. The first-order valence-corrected chi connectivity index (χ1v) is 1.10. The van der Waals surface area contributed by atoms with E-state index in [4.69, 9.17) is 15.0 Å². The minimum atomic E-state index is -1.19. The van der Waals surface area contributed by atoms with Crippen molar-refractivity contribution in [1.82, 2.24) is 0 Å². The third-order valence-electron chi connectivity index (χ3n) is 0.135. The van der Waals surface area contributed by atoms with E-state index in [-0.39, 0.29) is 118 Å². The summed E-state index contributed by atoms with van der Waals surface area (Å²) >= 11 is 0. The Balaban J connectivity index is -0.0000000133. The fraction of sp³-hybridized carbons (Fsp3) is 0.500. The molecule has 0 spiro atoms. The Morgan fingerprint density at radius 3 is 1.22 bits per heavy atom. The third-order valence-corrected chi connectivity index (χ3v) is 0.135. The van der Waals surface area contributed by atoms with E-state index in [0.29, 0.717) is 0 Å². The van der Waals surface area contributed by atoms with E-state index >= 15 is 0 Å². The van der Waals surface area contributed by atoms with Crippen LogP contribution in [0.1, 0.15) is 0 Å². The van der Waals surface area contributed by atoms with Crippen molar-refractivity contribution in [3.8, 4) is 0 Å². The molecule has 0 heterocycles. The van der Waals surface area contributed by atoms with E-state index in [1.807, 2.05) is 0 Å². The molecule has 0 aromatic heterocycles. The first-order valence-electron chi connectivity index (χ1n) is 1.10. The van der Waals surface area contributed by atoms with Crippen LogP contribution < -0.4 is 0 Å². The van der Waals surface area contributed by atoms with E-state index in [1.165, 1.54) is 0 Å². The summed E-state index contributed by atoms with van der Waals surface area (Å²) in [5.74, 6) is -1.19. The molecule has 0 unspecified atom stereocenters. The molecule has 0 aromatic rings. The van der Waals surface area contributed by atoms with Crippen molar-refractivity contribution in [3.63, 3.8) is 0 Å². The van der Waals surface area contributed by atoms with Gasteiger partial charge in [-0.05, 0) is 0 Å². The number of aliphatic carboxylic acids is 1. The summed E-state index contributed by atoms with van der Waals surface area (Å²) in [6.07, 6.45) is 0. The van der Waals surface area contributed by atoms with Gasteiger partial charge in [-0.25, -0.2) is 4.79 Å². The minimum absolute atomic E-state index is 0. The van der Waals surface area contributed by atoms with Gasteiger partial charge in [0.05, 0.1) is 0 Å². The fourth-order valence-electron chi connectivity index (χ4n) is 0. The zero-order valence-electron chi connectivity index (χ0n) is 2.51. The second-order valence-corrected chi connectivity index (χ2v) is 0.552. The van der Waals surface area contributed by atoms with E-state index in [2.05, 4.69) is 0 Å². The third kappa shape index (κ3) is 34.5. The van der Waals surface area contributed by atoms with Gasteiger partial charge in [0, 0.05) is 0 Å². The average Bonchev–Trinajstić information content (AvgIpc) is 1.38. The molecule has 0 aliphatic rings. The summed E-state index contributed by atoms with van der Waals surface area (Å²) in [6.45, 7) is -0.778. The monoisotopic (exact) mass is 172 g/mol. The molecule has 0 bridgehead atoms. The summed E-state index contributed by atoms with van der Waals surface area (Å²) in [7, 11) is 0. The molecule has 3 nitrogen and oxygen atoms in total. The number of hydrogen-bond donors (Lipinski definition) is 2. The van der Waals surface area contributed by atoms with Crippen LogP contribution in [0.4, 0.5) is 0 Å². The molecule has 0 saturated carbocycles. The molecule has 0 aromatic carbocycles. The topological polar surface area (TPSA) is 57.5 Å². The van der Waals surface area contributed by atoms with Crippen molar-refractivity contribution in [2.24, 2.45) is 0 Å². The standard InChI is InChI=1S/C2H4O3.4Na.4H/c3-1-2(4)5;;;;;;;;/h3H,1H2,(H,4,5);;;;;;;;. The van der Waals surface area contributed by atoms with Crippen LogP contribution in [0.15, 0.2) is 0 Å². The molecule has 0 aliphatic carbocycles. The summed E-state index contributed by atoms with van der Waals surface area (Å²) in [4.78, 5) is 9.12. The Bertz CT molecular complexity index is 49.1. The Labute approximate surface area is 143 Å². The van der Waals surface area contributed by atoms with Crippen LogP contribution in [0.2, 0.25) is 0 Å². The van der Waals surface area contributed by atoms with Gasteiger partial charge in [-0.2, -0.15) is 0 Å². The maximum atomic E-state index is 9.12. The molecule has 38 valence electrons. The molecule has 0 saturated heterocycles. The van der Waals surface area contributed by atoms with Crippen molar-refractivity contribution in [3.05, 3.63) is 0 Å². The van der Waals surface area contributed by atoms with Crippen LogP contribution in [0.3, 0.4) is 0 Å². The number of carbonyl (C=O) groups is 1. The van der Waals surface area contributed by atoms with Crippen LogP contribution in [0.25, 0.3) is 0 Å². The number of rotatable bonds is 1. The van der Waals surface area contributed by atoms with Gasteiger partial charge >= 0.3 is 124 Å². The van der Waals surface area contributed by atoms with Crippen LogP contribution in [-0.4, -0.2) is 141 Å². The SMILES string of the molecule is O=C(O)CO.[NaH].[NaH].[NaH].[NaH]. The first kappa shape index (κ1) is 29.4. The fourth-order valence-corrected chi connectivity index (χ4v) is 0. The molecule has 9 heavy (non-hydrogen) atoms. The van der Waals surface area contributed by atoms with Gasteiger partial charge in [0.1, 0.15) is 6.61 Å². The molecule has 2 N–H and O–H groups in total. The van der Waals surface area contributed by atoms with Crippen molar-refractivity contribution in [2.75, 3.05) is 6.61 Å².